The van der Waals surface area contributed by atoms with Crippen LogP contribution >= 0.6 is 0 Å². The highest BCUT2D eigenvalue weighted by atomic mass is 15.4. The third kappa shape index (κ3) is 4.88. The predicted molar refractivity (Wildman–Crippen MR) is 97.0 cm³/mol. The van der Waals surface area contributed by atoms with Crippen LogP contribution in [0, 0.1) is 6.92 Å². The molecule has 0 saturated heterocycles. The number of hydrogen-bond donors (Lipinski definition) is 1. The summed E-state index contributed by atoms with van der Waals surface area (Å²) in [7, 11) is 0. The Kier molecular flexibility index (Phi) is 6.27. The summed E-state index contributed by atoms with van der Waals surface area (Å²) in [5, 5.41) is 4.49. The summed E-state index contributed by atoms with van der Waals surface area (Å²) in [6, 6.07) is 10.4. The predicted octanol–water partition coefficient (Wildman–Crippen LogP) is 4.53. The Bertz CT molecular complexity index is 677. The molecule has 4 heteroatoms. The van der Waals surface area contributed by atoms with E-state index in [1.54, 1.807) is 0 Å². The lowest BCUT2D eigenvalue weighted by atomic mass is 10.0. The minimum atomic E-state index is 0.570. The molecular formula is C19H26N4. The van der Waals surface area contributed by atoms with Gasteiger partial charge in [-0.3, -0.25) is 0 Å². The molecule has 122 valence electrons. The van der Waals surface area contributed by atoms with Crippen molar-refractivity contribution in [3.63, 3.8) is 0 Å². The van der Waals surface area contributed by atoms with E-state index < -0.39 is 0 Å². The van der Waals surface area contributed by atoms with E-state index in [2.05, 4.69) is 58.6 Å². The zero-order valence-electron chi connectivity index (χ0n) is 14.6. The minimum Gasteiger partial charge on any atom is -0.245 e. The van der Waals surface area contributed by atoms with Gasteiger partial charge < -0.3 is 0 Å². The smallest absolute Gasteiger partial charge is 0.243 e. The Balaban J connectivity index is 2.19. The molecule has 0 aliphatic heterocycles. The van der Waals surface area contributed by atoms with Gasteiger partial charge >= 0.3 is 0 Å². The molecule has 1 aromatic heterocycles. The van der Waals surface area contributed by atoms with Gasteiger partial charge in [0.05, 0.1) is 5.71 Å². The monoisotopic (exact) mass is 310 g/mol. The van der Waals surface area contributed by atoms with Gasteiger partial charge in [-0.25, -0.2) is 15.4 Å². The van der Waals surface area contributed by atoms with Gasteiger partial charge in [-0.2, -0.15) is 5.10 Å². The lowest BCUT2D eigenvalue weighted by Gasteiger charge is -2.09. The summed E-state index contributed by atoms with van der Waals surface area (Å²) in [5.41, 5.74) is 8.50. The van der Waals surface area contributed by atoms with E-state index in [1.807, 2.05) is 19.9 Å². The molecule has 1 aromatic carbocycles. The average Bonchev–Trinajstić information content (AvgIpc) is 2.53. The molecule has 4 nitrogen and oxygen atoms in total. The molecule has 0 aliphatic carbocycles. The van der Waals surface area contributed by atoms with Crippen molar-refractivity contribution < 1.29 is 0 Å². The number of aromatic nitrogens is 2. The molecule has 0 bridgehead atoms. The summed E-state index contributed by atoms with van der Waals surface area (Å²) in [5.74, 6) is 0.570. The first-order valence-electron chi connectivity index (χ1n) is 8.37. The quantitative estimate of drug-likeness (QED) is 0.604. The maximum Gasteiger partial charge on any atom is 0.243 e. The van der Waals surface area contributed by atoms with Crippen molar-refractivity contribution in [1.29, 1.82) is 0 Å². The summed E-state index contributed by atoms with van der Waals surface area (Å²) >= 11 is 0. The highest BCUT2D eigenvalue weighted by Crippen LogP contribution is 2.13. The molecule has 2 rings (SSSR count). The number of nitrogens with zero attached hydrogens (tertiary/aromatic N) is 3. The van der Waals surface area contributed by atoms with Crippen molar-refractivity contribution in [3.05, 3.63) is 52.8 Å². The number of rotatable bonds is 7. The van der Waals surface area contributed by atoms with Crippen molar-refractivity contribution in [3.8, 4) is 0 Å². The van der Waals surface area contributed by atoms with Gasteiger partial charge in [0.2, 0.25) is 5.95 Å². The summed E-state index contributed by atoms with van der Waals surface area (Å²) < 4.78 is 0. The van der Waals surface area contributed by atoms with E-state index in [0.29, 0.717) is 5.95 Å². The van der Waals surface area contributed by atoms with Crippen molar-refractivity contribution in [2.75, 3.05) is 5.43 Å². The highest BCUT2D eigenvalue weighted by Gasteiger charge is 2.05. The van der Waals surface area contributed by atoms with E-state index in [1.165, 1.54) is 11.1 Å². The van der Waals surface area contributed by atoms with Gasteiger partial charge in [0.15, 0.2) is 0 Å². The number of benzene rings is 1. The van der Waals surface area contributed by atoms with Crippen LogP contribution in [0.1, 0.15) is 56.1 Å². The van der Waals surface area contributed by atoms with Crippen LogP contribution < -0.4 is 5.43 Å². The van der Waals surface area contributed by atoms with Gasteiger partial charge in [-0.05, 0) is 38.3 Å². The Hall–Kier alpha value is -2.23. The van der Waals surface area contributed by atoms with Crippen LogP contribution in [0.2, 0.25) is 0 Å². The molecule has 1 N–H and O–H groups in total. The van der Waals surface area contributed by atoms with Crippen molar-refractivity contribution in [2.45, 2.75) is 53.4 Å². The average molecular weight is 310 g/mol. The molecule has 0 atom stereocenters. The van der Waals surface area contributed by atoms with Crippen molar-refractivity contribution >= 4 is 11.7 Å². The molecule has 1 heterocycles. The van der Waals surface area contributed by atoms with Crippen LogP contribution in [0.4, 0.5) is 5.95 Å². The number of aryl methyl sites for hydroxylation is 3. The molecule has 0 aliphatic rings. The number of nitrogens with one attached hydrogen (secondary N) is 1. The maximum atomic E-state index is 4.52. The first kappa shape index (κ1) is 17.1. The normalized spacial score (nSPS) is 11.6. The molecule has 23 heavy (non-hydrogen) atoms. The van der Waals surface area contributed by atoms with E-state index in [0.717, 1.165) is 42.8 Å². The topological polar surface area (TPSA) is 50.2 Å². The van der Waals surface area contributed by atoms with Crippen LogP contribution in [-0.4, -0.2) is 15.7 Å². The fourth-order valence-corrected chi connectivity index (χ4v) is 2.62. The molecule has 0 spiro atoms. The molecular weight excluding hydrogens is 284 g/mol. The number of anilines is 1. The standard InChI is InChI=1S/C19H26N4/c1-5-9-16-11-7-8-12-18(16)15(4)22-23-19-20-14(3)13-17(21-19)10-6-2/h7-8,11-13H,5-6,9-10H2,1-4H3,(H,20,21,23). The zero-order valence-corrected chi connectivity index (χ0v) is 14.6. The molecule has 0 unspecified atom stereocenters. The van der Waals surface area contributed by atoms with Crippen LogP contribution in [0.25, 0.3) is 0 Å². The summed E-state index contributed by atoms with van der Waals surface area (Å²) in [6.45, 7) is 8.35. The van der Waals surface area contributed by atoms with Gasteiger partial charge in [-0.1, -0.05) is 51.0 Å². The minimum absolute atomic E-state index is 0.570. The number of hydrogen-bond acceptors (Lipinski definition) is 4. The lowest BCUT2D eigenvalue weighted by molar-refractivity contribution is 0.866. The van der Waals surface area contributed by atoms with Gasteiger partial charge in [0.1, 0.15) is 0 Å². The second-order valence-electron chi connectivity index (χ2n) is 5.79. The third-order valence-corrected chi connectivity index (χ3v) is 3.66. The van der Waals surface area contributed by atoms with E-state index in [9.17, 15) is 0 Å². The Morgan fingerprint density at radius 3 is 2.57 bits per heavy atom. The molecule has 0 amide bonds. The van der Waals surface area contributed by atoms with E-state index in [-0.39, 0.29) is 0 Å². The second-order valence-corrected chi connectivity index (χ2v) is 5.79. The lowest BCUT2D eigenvalue weighted by Crippen LogP contribution is -2.06. The first-order chi connectivity index (χ1) is 11.1. The second kappa shape index (κ2) is 8.42. The zero-order chi connectivity index (χ0) is 16.7. The molecule has 0 radical (unpaired) electrons. The largest absolute Gasteiger partial charge is 0.245 e. The fraction of sp³-hybridized carbons (Fsp3) is 0.421. The first-order valence-corrected chi connectivity index (χ1v) is 8.37. The molecule has 2 aromatic rings. The van der Waals surface area contributed by atoms with Crippen LogP contribution in [0.3, 0.4) is 0 Å². The Morgan fingerprint density at radius 1 is 1.09 bits per heavy atom. The maximum absolute atomic E-state index is 4.52. The van der Waals surface area contributed by atoms with Gasteiger partial charge in [-0.15, -0.1) is 0 Å². The van der Waals surface area contributed by atoms with E-state index >= 15 is 0 Å². The highest BCUT2D eigenvalue weighted by molar-refractivity contribution is 6.00. The molecule has 0 fully saturated rings. The molecule has 0 saturated carbocycles. The van der Waals surface area contributed by atoms with Gasteiger partial charge in [0, 0.05) is 17.0 Å². The fourth-order valence-electron chi connectivity index (χ4n) is 2.62. The Morgan fingerprint density at radius 2 is 1.83 bits per heavy atom. The van der Waals surface area contributed by atoms with Crippen LogP contribution in [-0.2, 0) is 12.8 Å². The summed E-state index contributed by atoms with van der Waals surface area (Å²) in [4.78, 5) is 8.93. The van der Waals surface area contributed by atoms with Gasteiger partial charge in [0.25, 0.3) is 0 Å². The van der Waals surface area contributed by atoms with Crippen LogP contribution in [0.15, 0.2) is 35.4 Å². The Labute approximate surface area is 139 Å². The third-order valence-electron chi connectivity index (χ3n) is 3.66. The SMILES string of the molecule is CCCc1cc(C)nc(NN=C(C)c2ccccc2CCC)n1. The van der Waals surface area contributed by atoms with Crippen molar-refractivity contribution in [1.82, 2.24) is 9.97 Å². The summed E-state index contributed by atoms with van der Waals surface area (Å²) in [6.07, 6.45) is 4.21. The van der Waals surface area contributed by atoms with Crippen LogP contribution in [0.5, 0.6) is 0 Å². The number of hydrazone groups is 1. The van der Waals surface area contributed by atoms with E-state index in [4.69, 9.17) is 0 Å². The van der Waals surface area contributed by atoms with Crippen molar-refractivity contribution in [2.24, 2.45) is 5.10 Å².